The van der Waals surface area contributed by atoms with Gasteiger partial charge in [0.2, 0.25) is 0 Å². The Morgan fingerprint density at radius 3 is 2.40 bits per heavy atom. The van der Waals surface area contributed by atoms with Gasteiger partial charge in [-0.05, 0) is 25.0 Å². The smallest absolute Gasteiger partial charge is 0.173 e. The van der Waals surface area contributed by atoms with E-state index in [4.69, 9.17) is 15.2 Å². The van der Waals surface area contributed by atoms with E-state index in [-0.39, 0.29) is 5.78 Å². The molecule has 0 heterocycles. The summed E-state index contributed by atoms with van der Waals surface area (Å²) in [6.45, 7) is 5.28. The third kappa shape index (κ3) is 3.58. The van der Waals surface area contributed by atoms with Crippen LogP contribution < -0.4 is 10.5 Å². The highest BCUT2D eigenvalue weighted by atomic mass is 16.5. The molecule has 0 radical (unpaired) electrons. The standard InChI is InChI=1S/C16H25NO3/c1-4-16(5-2,12-17)15(18)13-8-6-7-9-14(13)20-11-10-19-3/h6-9H,4-5,10-12,17H2,1-3H3. The molecule has 0 amide bonds. The van der Waals surface area contributed by atoms with E-state index in [1.807, 2.05) is 32.0 Å². The molecule has 4 heteroatoms. The van der Waals surface area contributed by atoms with E-state index in [9.17, 15) is 4.79 Å². The maximum Gasteiger partial charge on any atom is 0.173 e. The molecule has 0 unspecified atom stereocenters. The Balaban J connectivity index is 3.02. The van der Waals surface area contributed by atoms with Crippen molar-refractivity contribution in [3.63, 3.8) is 0 Å². The Morgan fingerprint density at radius 2 is 1.85 bits per heavy atom. The minimum Gasteiger partial charge on any atom is -0.490 e. The number of hydrogen-bond donors (Lipinski definition) is 1. The van der Waals surface area contributed by atoms with Crippen LogP contribution in [0.25, 0.3) is 0 Å². The van der Waals surface area contributed by atoms with E-state index in [0.717, 1.165) is 12.8 Å². The maximum atomic E-state index is 12.8. The normalized spacial score (nSPS) is 11.4. The summed E-state index contributed by atoms with van der Waals surface area (Å²) in [4.78, 5) is 12.8. The monoisotopic (exact) mass is 279 g/mol. The summed E-state index contributed by atoms with van der Waals surface area (Å²) in [7, 11) is 1.62. The van der Waals surface area contributed by atoms with Crippen molar-refractivity contribution in [2.24, 2.45) is 11.1 Å². The van der Waals surface area contributed by atoms with Crippen molar-refractivity contribution in [1.82, 2.24) is 0 Å². The van der Waals surface area contributed by atoms with Gasteiger partial charge in [0.05, 0.1) is 12.2 Å². The molecular weight excluding hydrogens is 254 g/mol. The second kappa shape index (κ2) is 8.02. The fraction of sp³-hybridized carbons (Fsp3) is 0.562. The van der Waals surface area contributed by atoms with Gasteiger partial charge in [0.1, 0.15) is 12.4 Å². The molecule has 0 fully saturated rings. The van der Waals surface area contributed by atoms with Crippen LogP contribution in [0, 0.1) is 5.41 Å². The number of hydrogen-bond acceptors (Lipinski definition) is 4. The summed E-state index contributed by atoms with van der Waals surface area (Å²) in [5.41, 5.74) is 5.97. The Morgan fingerprint density at radius 1 is 1.20 bits per heavy atom. The molecule has 1 aromatic rings. The lowest BCUT2D eigenvalue weighted by Gasteiger charge is -2.29. The molecule has 0 spiro atoms. The first-order valence-corrected chi connectivity index (χ1v) is 7.10. The molecule has 0 saturated carbocycles. The van der Waals surface area contributed by atoms with Crippen molar-refractivity contribution in [3.8, 4) is 5.75 Å². The number of nitrogens with two attached hydrogens (primary N) is 1. The zero-order chi connectivity index (χ0) is 15.0. The predicted molar refractivity (Wildman–Crippen MR) is 80.2 cm³/mol. The molecule has 20 heavy (non-hydrogen) atoms. The number of methoxy groups -OCH3 is 1. The SMILES string of the molecule is CCC(CC)(CN)C(=O)c1ccccc1OCCOC. The number of rotatable bonds is 9. The number of Topliss-reactive ketones (excluding diaryl/α,β-unsaturated/α-hetero) is 1. The summed E-state index contributed by atoms with van der Waals surface area (Å²) >= 11 is 0. The highest BCUT2D eigenvalue weighted by Crippen LogP contribution is 2.33. The first kappa shape index (κ1) is 16.7. The molecule has 0 aliphatic carbocycles. The van der Waals surface area contributed by atoms with Crippen molar-refractivity contribution in [2.45, 2.75) is 26.7 Å². The predicted octanol–water partition coefficient (Wildman–Crippen LogP) is 2.66. The minimum atomic E-state index is -0.499. The van der Waals surface area contributed by atoms with Gasteiger partial charge in [0.15, 0.2) is 5.78 Å². The molecular formula is C16H25NO3. The lowest BCUT2D eigenvalue weighted by molar-refractivity contribution is 0.0780. The number of ether oxygens (including phenoxy) is 2. The minimum absolute atomic E-state index is 0.0676. The van der Waals surface area contributed by atoms with Gasteiger partial charge in [0.25, 0.3) is 0 Å². The van der Waals surface area contributed by atoms with Gasteiger partial charge in [-0.25, -0.2) is 0 Å². The quantitative estimate of drug-likeness (QED) is 0.557. The average molecular weight is 279 g/mol. The van der Waals surface area contributed by atoms with Gasteiger partial charge in [-0.2, -0.15) is 0 Å². The number of benzene rings is 1. The zero-order valence-corrected chi connectivity index (χ0v) is 12.6. The number of para-hydroxylation sites is 1. The van der Waals surface area contributed by atoms with Gasteiger partial charge in [0, 0.05) is 19.1 Å². The van der Waals surface area contributed by atoms with Crippen molar-refractivity contribution >= 4 is 5.78 Å². The van der Waals surface area contributed by atoms with Crippen molar-refractivity contribution < 1.29 is 14.3 Å². The Bertz CT molecular complexity index is 419. The zero-order valence-electron chi connectivity index (χ0n) is 12.6. The summed E-state index contributed by atoms with van der Waals surface area (Å²) < 4.78 is 10.6. The van der Waals surface area contributed by atoms with Crippen molar-refractivity contribution in [1.29, 1.82) is 0 Å². The lowest BCUT2D eigenvalue weighted by Crippen LogP contribution is -2.37. The van der Waals surface area contributed by atoms with Gasteiger partial charge in [-0.15, -0.1) is 0 Å². The van der Waals surface area contributed by atoms with Crippen LogP contribution in [0.5, 0.6) is 5.75 Å². The maximum absolute atomic E-state index is 12.8. The summed E-state index contributed by atoms with van der Waals surface area (Å²) in [6, 6.07) is 7.33. The van der Waals surface area contributed by atoms with E-state index in [1.165, 1.54) is 0 Å². The van der Waals surface area contributed by atoms with Crippen LogP contribution in [0.15, 0.2) is 24.3 Å². The van der Waals surface area contributed by atoms with E-state index in [0.29, 0.717) is 31.1 Å². The van der Waals surface area contributed by atoms with E-state index in [1.54, 1.807) is 13.2 Å². The molecule has 1 rings (SSSR count). The third-order valence-electron chi connectivity index (χ3n) is 3.90. The highest BCUT2D eigenvalue weighted by Gasteiger charge is 2.35. The van der Waals surface area contributed by atoms with Crippen LogP contribution >= 0.6 is 0 Å². The Labute approximate surface area is 121 Å². The molecule has 2 N–H and O–H groups in total. The van der Waals surface area contributed by atoms with Gasteiger partial charge >= 0.3 is 0 Å². The van der Waals surface area contributed by atoms with Crippen molar-refractivity contribution in [3.05, 3.63) is 29.8 Å². The molecule has 0 aliphatic heterocycles. The third-order valence-corrected chi connectivity index (χ3v) is 3.90. The summed E-state index contributed by atoms with van der Waals surface area (Å²) in [6.07, 6.45) is 1.45. The molecule has 0 saturated heterocycles. The highest BCUT2D eigenvalue weighted by molar-refractivity contribution is 6.02. The molecule has 0 atom stereocenters. The molecule has 0 aromatic heterocycles. The second-order valence-corrected chi connectivity index (χ2v) is 4.86. The van der Waals surface area contributed by atoms with Crippen LogP contribution in [0.2, 0.25) is 0 Å². The molecule has 0 bridgehead atoms. The van der Waals surface area contributed by atoms with Crippen LogP contribution in [-0.4, -0.2) is 32.7 Å². The van der Waals surface area contributed by atoms with Gasteiger partial charge in [-0.3, -0.25) is 4.79 Å². The van der Waals surface area contributed by atoms with E-state index >= 15 is 0 Å². The van der Waals surface area contributed by atoms with E-state index in [2.05, 4.69) is 0 Å². The number of ketones is 1. The molecule has 4 nitrogen and oxygen atoms in total. The molecule has 0 aliphatic rings. The van der Waals surface area contributed by atoms with Crippen LogP contribution in [0.4, 0.5) is 0 Å². The molecule has 112 valence electrons. The summed E-state index contributed by atoms with van der Waals surface area (Å²) in [5.74, 6) is 0.673. The lowest BCUT2D eigenvalue weighted by atomic mass is 9.75. The largest absolute Gasteiger partial charge is 0.490 e. The van der Waals surface area contributed by atoms with Crippen LogP contribution in [-0.2, 0) is 4.74 Å². The van der Waals surface area contributed by atoms with Crippen molar-refractivity contribution in [2.75, 3.05) is 26.9 Å². The first-order chi connectivity index (χ1) is 9.65. The first-order valence-electron chi connectivity index (χ1n) is 7.10. The van der Waals surface area contributed by atoms with E-state index < -0.39 is 5.41 Å². The second-order valence-electron chi connectivity index (χ2n) is 4.86. The Hall–Kier alpha value is -1.39. The fourth-order valence-corrected chi connectivity index (χ4v) is 2.25. The summed E-state index contributed by atoms with van der Waals surface area (Å²) in [5, 5.41) is 0. The number of carbonyl (C=O) groups excluding carboxylic acids is 1. The Kier molecular flexibility index (Phi) is 6.68. The topological polar surface area (TPSA) is 61.6 Å². The number of carbonyl (C=O) groups is 1. The van der Waals surface area contributed by atoms with Gasteiger partial charge in [-0.1, -0.05) is 26.0 Å². The average Bonchev–Trinajstić information content (AvgIpc) is 2.50. The van der Waals surface area contributed by atoms with Crippen LogP contribution in [0.1, 0.15) is 37.0 Å². The fourth-order valence-electron chi connectivity index (χ4n) is 2.25. The molecule has 1 aromatic carbocycles. The van der Waals surface area contributed by atoms with Gasteiger partial charge < -0.3 is 15.2 Å². The van der Waals surface area contributed by atoms with Crippen LogP contribution in [0.3, 0.4) is 0 Å².